The van der Waals surface area contributed by atoms with E-state index in [0.717, 1.165) is 18.7 Å². The van der Waals surface area contributed by atoms with Gasteiger partial charge in [-0.05, 0) is 39.2 Å². The summed E-state index contributed by atoms with van der Waals surface area (Å²) in [6, 6.07) is 5.77. The highest BCUT2D eigenvalue weighted by atomic mass is 16.1. The average Bonchev–Trinajstić information content (AvgIpc) is 2.30. The molecule has 0 amide bonds. The second-order valence-electron chi connectivity index (χ2n) is 4.96. The van der Waals surface area contributed by atoms with Gasteiger partial charge >= 0.3 is 0 Å². The van der Waals surface area contributed by atoms with Crippen molar-refractivity contribution in [2.75, 3.05) is 20.6 Å². The quantitative estimate of drug-likeness (QED) is 0.757. The molecule has 17 heavy (non-hydrogen) atoms. The van der Waals surface area contributed by atoms with E-state index >= 15 is 0 Å². The topological polar surface area (TPSA) is 33.2 Å². The molecule has 0 unspecified atom stereocenters. The molecular formula is C14H22N2O. The number of hydrogen-bond acceptors (Lipinski definition) is 3. The van der Waals surface area contributed by atoms with Gasteiger partial charge in [-0.1, -0.05) is 19.9 Å². The molecule has 3 nitrogen and oxygen atoms in total. The van der Waals surface area contributed by atoms with Crippen LogP contribution in [0.4, 0.5) is 0 Å². The van der Waals surface area contributed by atoms with Gasteiger partial charge in [0.2, 0.25) is 0 Å². The van der Waals surface area contributed by atoms with E-state index in [1.54, 1.807) is 6.20 Å². The first kappa shape index (κ1) is 13.8. The van der Waals surface area contributed by atoms with Crippen LogP contribution < -0.4 is 0 Å². The maximum absolute atomic E-state index is 12.2. The van der Waals surface area contributed by atoms with Crippen molar-refractivity contribution in [3.05, 3.63) is 30.1 Å². The van der Waals surface area contributed by atoms with Crippen molar-refractivity contribution in [2.45, 2.75) is 26.2 Å². The molecule has 1 atom stereocenters. The molecule has 0 saturated carbocycles. The second-order valence-corrected chi connectivity index (χ2v) is 4.96. The van der Waals surface area contributed by atoms with Gasteiger partial charge in [-0.25, -0.2) is 0 Å². The number of pyridine rings is 1. The molecule has 0 saturated heterocycles. The molecule has 1 aromatic rings. The zero-order chi connectivity index (χ0) is 12.8. The molecule has 0 N–H and O–H groups in total. The summed E-state index contributed by atoms with van der Waals surface area (Å²) in [5, 5.41) is 0. The largest absolute Gasteiger partial charge is 0.309 e. The second kappa shape index (κ2) is 6.50. The maximum atomic E-state index is 12.2. The van der Waals surface area contributed by atoms with Crippen LogP contribution in [-0.4, -0.2) is 36.3 Å². The fraction of sp³-hybridized carbons (Fsp3) is 0.571. The number of Topliss-reactive ketones (excluding diaryl/α,β-unsaturated/α-hetero) is 1. The SMILES string of the molecule is CC(C)C(=O)[C@@H](CCN(C)C)c1ccccn1. The summed E-state index contributed by atoms with van der Waals surface area (Å²) in [7, 11) is 4.05. The van der Waals surface area contributed by atoms with Gasteiger partial charge in [0.15, 0.2) is 0 Å². The summed E-state index contributed by atoms with van der Waals surface area (Å²) < 4.78 is 0. The predicted molar refractivity (Wildman–Crippen MR) is 70.0 cm³/mol. The van der Waals surface area contributed by atoms with E-state index < -0.39 is 0 Å². The van der Waals surface area contributed by atoms with Gasteiger partial charge in [0.05, 0.1) is 11.6 Å². The molecule has 0 aromatic carbocycles. The van der Waals surface area contributed by atoms with E-state index in [1.165, 1.54) is 0 Å². The molecule has 0 radical (unpaired) electrons. The number of aromatic nitrogens is 1. The minimum atomic E-state index is -0.0707. The van der Waals surface area contributed by atoms with Crippen LogP contribution in [0.5, 0.6) is 0 Å². The first-order valence-electron chi connectivity index (χ1n) is 6.11. The summed E-state index contributed by atoms with van der Waals surface area (Å²) in [6.07, 6.45) is 2.59. The third-order valence-electron chi connectivity index (χ3n) is 2.82. The van der Waals surface area contributed by atoms with Gasteiger partial charge in [-0.2, -0.15) is 0 Å². The molecule has 0 bridgehead atoms. The highest BCUT2D eigenvalue weighted by Gasteiger charge is 2.23. The fourth-order valence-electron chi connectivity index (χ4n) is 1.81. The molecule has 1 aromatic heterocycles. The Labute approximate surface area is 104 Å². The lowest BCUT2D eigenvalue weighted by molar-refractivity contribution is -0.123. The molecule has 0 aliphatic rings. The summed E-state index contributed by atoms with van der Waals surface area (Å²) in [5.41, 5.74) is 0.896. The number of nitrogens with zero attached hydrogens (tertiary/aromatic N) is 2. The Morgan fingerprint density at radius 2 is 2.06 bits per heavy atom. The lowest BCUT2D eigenvalue weighted by Gasteiger charge is -2.19. The first-order valence-corrected chi connectivity index (χ1v) is 6.11. The van der Waals surface area contributed by atoms with E-state index in [4.69, 9.17) is 0 Å². The van der Waals surface area contributed by atoms with Crippen molar-refractivity contribution in [1.29, 1.82) is 0 Å². The Balaban J connectivity index is 2.83. The van der Waals surface area contributed by atoms with Crippen LogP contribution in [0, 0.1) is 5.92 Å². The van der Waals surface area contributed by atoms with Crippen molar-refractivity contribution in [3.63, 3.8) is 0 Å². The van der Waals surface area contributed by atoms with Crippen LogP contribution in [0.1, 0.15) is 31.9 Å². The molecule has 94 valence electrons. The standard InChI is InChI=1S/C14H22N2O/c1-11(2)14(17)12(8-10-16(3)4)13-7-5-6-9-15-13/h5-7,9,11-12H,8,10H2,1-4H3/t12-/m0/s1. The van der Waals surface area contributed by atoms with Gasteiger partial charge in [0.25, 0.3) is 0 Å². The van der Waals surface area contributed by atoms with Crippen LogP contribution in [0.3, 0.4) is 0 Å². The third-order valence-corrected chi connectivity index (χ3v) is 2.82. The number of ketones is 1. The van der Waals surface area contributed by atoms with E-state index in [2.05, 4.69) is 9.88 Å². The molecule has 1 heterocycles. The van der Waals surface area contributed by atoms with Crippen LogP contribution in [0.2, 0.25) is 0 Å². The lowest BCUT2D eigenvalue weighted by Crippen LogP contribution is -2.24. The maximum Gasteiger partial charge on any atom is 0.144 e. The average molecular weight is 234 g/mol. The van der Waals surface area contributed by atoms with Crippen molar-refractivity contribution >= 4 is 5.78 Å². The van der Waals surface area contributed by atoms with Gasteiger partial charge in [0.1, 0.15) is 5.78 Å². The number of carbonyl (C=O) groups is 1. The molecule has 0 spiro atoms. The van der Waals surface area contributed by atoms with Gasteiger partial charge < -0.3 is 4.90 Å². The Kier molecular flexibility index (Phi) is 5.29. The molecule has 3 heteroatoms. The zero-order valence-electron chi connectivity index (χ0n) is 11.2. The normalized spacial score (nSPS) is 13.1. The van der Waals surface area contributed by atoms with Gasteiger partial charge in [-0.15, -0.1) is 0 Å². The summed E-state index contributed by atoms with van der Waals surface area (Å²) >= 11 is 0. The monoisotopic (exact) mass is 234 g/mol. The molecular weight excluding hydrogens is 212 g/mol. The van der Waals surface area contributed by atoms with Crippen LogP contribution in [0.15, 0.2) is 24.4 Å². The number of carbonyl (C=O) groups excluding carboxylic acids is 1. The van der Waals surface area contributed by atoms with Gasteiger partial charge in [-0.3, -0.25) is 9.78 Å². The van der Waals surface area contributed by atoms with E-state index in [0.29, 0.717) is 0 Å². The number of rotatable bonds is 6. The van der Waals surface area contributed by atoms with Crippen molar-refractivity contribution < 1.29 is 4.79 Å². The Morgan fingerprint density at radius 3 is 2.53 bits per heavy atom. The van der Waals surface area contributed by atoms with Crippen molar-refractivity contribution in [3.8, 4) is 0 Å². The van der Waals surface area contributed by atoms with Crippen molar-refractivity contribution in [2.24, 2.45) is 5.92 Å². The Hall–Kier alpha value is -1.22. The molecule has 0 aliphatic carbocycles. The molecule has 0 fully saturated rings. The number of hydrogen-bond donors (Lipinski definition) is 0. The minimum Gasteiger partial charge on any atom is -0.309 e. The first-order chi connectivity index (χ1) is 8.02. The highest BCUT2D eigenvalue weighted by molar-refractivity contribution is 5.86. The zero-order valence-corrected chi connectivity index (χ0v) is 11.2. The minimum absolute atomic E-state index is 0.0594. The van der Waals surface area contributed by atoms with E-state index in [9.17, 15) is 4.79 Å². The van der Waals surface area contributed by atoms with E-state index in [1.807, 2.05) is 46.1 Å². The van der Waals surface area contributed by atoms with Gasteiger partial charge in [0, 0.05) is 12.1 Å². The predicted octanol–water partition coefficient (Wildman–Crippen LogP) is 2.34. The summed E-state index contributed by atoms with van der Waals surface area (Å²) in [5.74, 6) is 0.272. The van der Waals surface area contributed by atoms with Crippen LogP contribution in [0.25, 0.3) is 0 Å². The third kappa shape index (κ3) is 4.27. The lowest BCUT2D eigenvalue weighted by atomic mass is 9.89. The molecule has 0 aliphatic heterocycles. The summed E-state index contributed by atoms with van der Waals surface area (Å²) in [4.78, 5) is 18.6. The fourth-order valence-corrected chi connectivity index (χ4v) is 1.81. The highest BCUT2D eigenvalue weighted by Crippen LogP contribution is 2.22. The van der Waals surface area contributed by atoms with E-state index in [-0.39, 0.29) is 17.6 Å². The Bertz CT molecular complexity index is 346. The van der Waals surface area contributed by atoms with Crippen molar-refractivity contribution in [1.82, 2.24) is 9.88 Å². The van der Waals surface area contributed by atoms with Crippen LogP contribution >= 0.6 is 0 Å². The van der Waals surface area contributed by atoms with Crippen LogP contribution in [-0.2, 0) is 4.79 Å². The molecule has 1 rings (SSSR count). The summed E-state index contributed by atoms with van der Waals surface area (Å²) in [6.45, 7) is 4.81. The Morgan fingerprint density at radius 1 is 1.35 bits per heavy atom. The smallest absolute Gasteiger partial charge is 0.144 e.